The predicted octanol–water partition coefficient (Wildman–Crippen LogP) is 4.88. The summed E-state index contributed by atoms with van der Waals surface area (Å²) >= 11 is 0. The van der Waals surface area contributed by atoms with Gasteiger partial charge in [-0.2, -0.15) is 0 Å². The van der Waals surface area contributed by atoms with E-state index < -0.39 is 12.1 Å². The summed E-state index contributed by atoms with van der Waals surface area (Å²) in [6, 6.07) is 12.9. The average Bonchev–Trinajstić information content (AvgIpc) is 2.66. The molecule has 1 amide bonds. The van der Waals surface area contributed by atoms with Crippen molar-refractivity contribution in [3.8, 4) is 5.75 Å². The first-order valence-corrected chi connectivity index (χ1v) is 9.42. The number of aryl methyl sites for hydroxylation is 1. The van der Waals surface area contributed by atoms with Gasteiger partial charge in [0.2, 0.25) is 0 Å². The Balaban J connectivity index is 2.13. The number of amides is 1. The Kier molecular flexibility index (Phi) is 6.84. The van der Waals surface area contributed by atoms with Crippen LogP contribution in [0.5, 0.6) is 5.75 Å². The van der Waals surface area contributed by atoms with Crippen molar-refractivity contribution in [2.75, 3.05) is 12.4 Å². The maximum Gasteiger partial charge on any atom is 0.337 e. The van der Waals surface area contributed by atoms with Crippen LogP contribution in [0, 0.1) is 6.92 Å². The van der Waals surface area contributed by atoms with Gasteiger partial charge in [-0.1, -0.05) is 45.9 Å². The van der Waals surface area contributed by atoms with Gasteiger partial charge in [0, 0.05) is 5.69 Å². The van der Waals surface area contributed by atoms with Crippen molar-refractivity contribution in [3.63, 3.8) is 0 Å². The van der Waals surface area contributed by atoms with Crippen LogP contribution in [0.15, 0.2) is 42.5 Å². The number of ether oxygens (including phenoxy) is 2. The first-order chi connectivity index (χ1) is 13.2. The van der Waals surface area contributed by atoms with Crippen molar-refractivity contribution in [3.05, 3.63) is 59.2 Å². The van der Waals surface area contributed by atoms with Gasteiger partial charge in [-0.25, -0.2) is 4.79 Å². The van der Waals surface area contributed by atoms with Gasteiger partial charge in [0.25, 0.3) is 5.91 Å². The number of hydrogen-bond donors (Lipinski definition) is 1. The third-order valence-electron chi connectivity index (χ3n) is 4.58. The standard InChI is InChI=1S/C23H29NO4/c1-7-20(28-18-12-10-17(11-13-18)23(3,4)5)21(25)24-19-14-16(22(26)27-6)9-8-15(19)2/h8-14,20H,7H2,1-6H3,(H,24,25). The van der Waals surface area contributed by atoms with Crippen molar-refractivity contribution in [1.29, 1.82) is 0 Å². The number of esters is 1. The summed E-state index contributed by atoms with van der Waals surface area (Å²) in [5, 5.41) is 2.86. The quantitative estimate of drug-likeness (QED) is 0.723. The zero-order valence-corrected chi connectivity index (χ0v) is 17.5. The molecular formula is C23H29NO4. The number of carbonyl (C=O) groups is 2. The molecule has 5 heteroatoms. The first-order valence-electron chi connectivity index (χ1n) is 9.42. The lowest BCUT2D eigenvalue weighted by Crippen LogP contribution is -2.32. The van der Waals surface area contributed by atoms with Crippen LogP contribution in [0.4, 0.5) is 5.69 Å². The Morgan fingerprint density at radius 1 is 1.07 bits per heavy atom. The second kappa shape index (κ2) is 8.91. The summed E-state index contributed by atoms with van der Waals surface area (Å²) < 4.78 is 10.6. The van der Waals surface area contributed by atoms with E-state index >= 15 is 0 Å². The van der Waals surface area contributed by atoms with Crippen LogP contribution in [0.2, 0.25) is 0 Å². The normalized spacial score (nSPS) is 12.2. The molecule has 1 unspecified atom stereocenters. The zero-order chi connectivity index (χ0) is 20.9. The fourth-order valence-corrected chi connectivity index (χ4v) is 2.73. The van der Waals surface area contributed by atoms with E-state index in [0.29, 0.717) is 23.4 Å². The number of methoxy groups -OCH3 is 1. The molecule has 0 bridgehead atoms. The number of hydrogen-bond acceptors (Lipinski definition) is 4. The van der Waals surface area contributed by atoms with Crippen molar-refractivity contribution < 1.29 is 19.1 Å². The highest BCUT2D eigenvalue weighted by Crippen LogP contribution is 2.25. The molecule has 0 saturated heterocycles. The minimum atomic E-state index is -0.637. The zero-order valence-electron chi connectivity index (χ0n) is 17.5. The number of benzene rings is 2. The number of nitrogens with one attached hydrogen (secondary N) is 1. The van der Waals surface area contributed by atoms with Gasteiger partial charge in [0.1, 0.15) is 5.75 Å². The van der Waals surface area contributed by atoms with Crippen molar-refractivity contribution in [2.24, 2.45) is 0 Å². The van der Waals surface area contributed by atoms with Crippen molar-refractivity contribution in [2.45, 2.75) is 52.6 Å². The van der Waals surface area contributed by atoms with Crippen LogP contribution >= 0.6 is 0 Å². The molecule has 1 N–H and O–H groups in total. The molecule has 0 saturated carbocycles. The molecule has 5 nitrogen and oxygen atoms in total. The first kappa shape index (κ1) is 21.5. The molecule has 0 heterocycles. The van der Waals surface area contributed by atoms with E-state index in [0.717, 1.165) is 5.56 Å². The van der Waals surface area contributed by atoms with Gasteiger partial charge < -0.3 is 14.8 Å². The monoisotopic (exact) mass is 383 g/mol. The van der Waals surface area contributed by atoms with Crippen LogP contribution in [-0.2, 0) is 14.9 Å². The predicted molar refractivity (Wildman–Crippen MR) is 111 cm³/mol. The van der Waals surface area contributed by atoms with Crippen LogP contribution in [0.3, 0.4) is 0 Å². The molecule has 0 aliphatic rings. The van der Waals surface area contributed by atoms with E-state index in [-0.39, 0.29) is 11.3 Å². The number of rotatable bonds is 6. The van der Waals surface area contributed by atoms with Crippen molar-refractivity contribution >= 4 is 17.6 Å². The molecule has 0 aromatic heterocycles. The summed E-state index contributed by atoms with van der Waals surface area (Å²) in [6.07, 6.45) is -0.121. The highest BCUT2D eigenvalue weighted by molar-refractivity contribution is 5.97. The average molecular weight is 383 g/mol. The molecule has 2 aromatic rings. The summed E-state index contributed by atoms with van der Waals surface area (Å²) in [4.78, 5) is 24.5. The Bertz CT molecular complexity index is 835. The molecule has 0 fully saturated rings. The Morgan fingerprint density at radius 2 is 1.71 bits per heavy atom. The molecule has 0 radical (unpaired) electrons. The van der Waals surface area contributed by atoms with Gasteiger partial charge >= 0.3 is 5.97 Å². The SMILES string of the molecule is CCC(Oc1ccc(C(C)(C)C)cc1)C(=O)Nc1cc(C(=O)OC)ccc1C. The molecule has 150 valence electrons. The molecule has 0 spiro atoms. The highest BCUT2D eigenvalue weighted by atomic mass is 16.5. The van der Waals surface area contributed by atoms with E-state index in [1.165, 1.54) is 12.7 Å². The third kappa shape index (κ3) is 5.35. The van der Waals surface area contributed by atoms with Gasteiger partial charge in [-0.05, 0) is 54.2 Å². The lowest BCUT2D eigenvalue weighted by atomic mass is 9.87. The third-order valence-corrected chi connectivity index (χ3v) is 4.58. The van der Waals surface area contributed by atoms with Crippen molar-refractivity contribution in [1.82, 2.24) is 0 Å². The van der Waals surface area contributed by atoms with Gasteiger partial charge in [-0.3, -0.25) is 4.79 Å². The van der Waals surface area contributed by atoms with Crippen LogP contribution in [0.25, 0.3) is 0 Å². The van der Waals surface area contributed by atoms with Gasteiger partial charge in [0.15, 0.2) is 6.10 Å². The van der Waals surface area contributed by atoms with Gasteiger partial charge in [0.05, 0.1) is 12.7 Å². The number of carbonyl (C=O) groups excluding carboxylic acids is 2. The Hall–Kier alpha value is -2.82. The summed E-state index contributed by atoms with van der Waals surface area (Å²) in [5.74, 6) is -0.0553. The fraction of sp³-hybridized carbons (Fsp3) is 0.391. The smallest absolute Gasteiger partial charge is 0.337 e. The van der Waals surface area contributed by atoms with Crippen LogP contribution in [-0.4, -0.2) is 25.1 Å². The largest absolute Gasteiger partial charge is 0.481 e. The minimum Gasteiger partial charge on any atom is -0.481 e. The maximum atomic E-state index is 12.7. The highest BCUT2D eigenvalue weighted by Gasteiger charge is 2.20. The number of anilines is 1. The lowest BCUT2D eigenvalue weighted by molar-refractivity contribution is -0.122. The van der Waals surface area contributed by atoms with E-state index in [2.05, 4.69) is 26.1 Å². The molecular weight excluding hydrogens is 354 g/mol. The van der Waals surface area contributed by atoms with E-state index in [1.807, 2.05) is 38.1 Å². The lowest BCUT2D eigenvalue weighted by Gasteiger charge is -2.21. The molecule has 28 heavy (non-hydrogen) atoms. The van der Waals surface area contributed by atoms with Crippen LogP contribution in [0.1, 0.15) is 55.6 Å². The fourth-order valence-electron chi connectivity index (χ4n) is 2.73. The molecule has 2 rings (SSSR count). The summed E-state index contributed by atoms with van der Waals surface area (Å²) in [5.41, 5.74) is 3.06. The van der Waals surface area contributed by atoms with Gasteiger partial charge in [-0.15, -0.1) is 0 Å². The second-order valence-electron chi connectivity index (χ2n) is 7.80. The maximum absolute atomic E-state index is 12.7. The van der Waals surface area contributed by atoms with Crippen LogP contribution < -0.4 is 10.1 Å². The Morgan fingerprint density at radius 3 is 2.25 bits per heavy atom. The topological polar surface area (TPSA) is 64.6 Å². The summed E-state index contributed by atoms with van der Waals surface area (Å²) in [7, 11) is 1.33. The molecule has 0 aliphatic carbocycles. The molecule has 2 aromatic carbocycles. The molecule has 0 aliphatic heterocycles. The minimum absolute atomic E-state index is 0.0578. The molecule has 1 atom stereocenters. The second-order valence-corrected chi connectivity index (χ2v) is 7.80. The van der Waals surface area contributed by atoms with E-state index in [1.54, 1.807) is 18.2 Å². The summed E-state index contributed by atoms with van der Waals surface area (Å²) in [6.45, 7) is 10.2. The van der Waals surface area contributed by atoms with E-state index in [4.69, 9.17) is 9.47 Å². The Labute approximate surface area is 167 Å². The van der Waals surface area contributed by atoms with E-state index in [9.17, 15) is 9.59 Å².